The van der Waals surface area contributed by atoms with Gasteiger partial charge in [-0.25, -0.2) is 5.43 Å². The molecule has 10 nitrogen and oxygen atoms in total. The SMILES string of the molecule is CCOc1ccc(-n2c(SCC(=O)N/N=C/c3cccc([N+](=O)[O-])c3)nnc2-c2ccccc2)cc1. The van der Waals surface area contributed by atoms with Crippen molar-refractivity contribution in [3.8, 4) is 22.8 Å². The van der Waals surface area contributed by atoms with Crippen LogP contribution in [0.4, 0.5) is 5.69 Å². The van der Waals surface area contributed by atoms with Crippen LogP contribution in [0.2, 0.25) is 0 Å². The van der Waals surface area contributed by atoms with Gasteiger partial charge < -0.3 is 4.74 Å². The molecule has 3 aromatic carbocycles. The molecule has 0 aliphatic heterocycles. The maximum Gasteiger partial charge on any atom is 0.270 e. The largest absolute Gasteiger partial charge is 0.494 e. The predicted octanol–water partition coefficient (Wildman–Crippen LogP) is 4.48. The van der Waals surface area contributed by atoms with Crippen molar-refractivity contribution in [3.63, 3.8) is 0 Å². The smallest absolute Gasteiger partial charge is 0.270 e. The van der Waals surface area contributed by atoms with Gasteiger partial charge in [0.2, 0.25) is 0 Å². The fourth-order valence-corrected chi connectivity index (χ4v) is 4.03. The molecule has 0 aliphatic carbocycles. The molecule has 0 spiro atoms. The summed E-state index contributed by atoms with van der Waals surface area (Å²) in [4.78, 5) is 22.8. The van der Waals surface area contributed by atoms with Crippen molar-refractivity contribution >= 4 is 29.6 Å². The van der Waals surface area contributed by atoms with Gasteiger partial charge in [0.1, 0.15) is 5.75 Å². The van der Waals surface area contributed by atoms with Crippen molar-refractivity contribution in [2.24, 2.45) is 5.10 Å². The summed E-state index contributed by atoms with van der Waals surface area (Å²) < 4.78 is 7.43. The van der Waals surface area contributed by atoms with Crippen LogP contribution in [-0.4, -0.2) is 44.2 Å². The molecular formula is C25H22N6O4S. The van der Waals surface area contributed by atoms with Gasteiger partial charge in [-0.05, 0) is 31.2 Å². The first-order valence-corrected chi connectivity index (χ1v) is 12.0. The molecule has 0 radical (unpaired) electrons. The number of nitro benzene ring substituents is 1. The van der Waals surface area contributed by atoms with E-state index in [9.17, 15) is 14.9 Å². The van der Waals surface area contributed by atoms with Gasteiger partial charge in [0, 0.05) is 28.9 Å². The first kappa shape index (κ1) is 24.6. The molecule has 0 bridgehead atoms. The first-order chi connectivity index (χ1) is 17.5. The molecule has 0 saturated heterocycles. The number of aromatic nitrogens is 3. The number of hydrazone groups is 1. The number of ether oxygens (including phenoxy) is 1. The lowest BCUT2D eigenvalue weighted by Gasteiger charge is -2.11. The molecule has 36 heavy (non-hydrogen) atoms. The van der Waals surface area contributed by atoms with Crippen LogP contribution in [-0.2, 0) is 4.79 Å². The van der Waals surface area contributed by atoms with E-state index in [4.69, 9.17) is 4.74 Å². The fourth-order valence-electron chi connectivity index (χ4n) is 3.29. The van der Waals surface area contributed by atoms with E-state index in [0.29, 0.717) is 23.2 Å². The number of non-ortho nitro benzene ring substituents is 1. The Morgan fingerprint density at radius 1 is 1.11 bits per heavy atom. The van der Waals surface area contributed by atoms with Crippen molar-refractivity contribution in [3.05, 3.63) is 94.5 Å². The molecule has 0 saturated carbocycles. The zero-order valence-electron chi connectivity index (χ0n) is 19.3. The maximum absolute atomic E-state index is 12.4. The summed E-state index contributed by atoms with van der Waals surface area (Å²) in [6.45, 7) is 2.50. The predicted molar refractivity (Wildman–Crippen MR) is 138 cm³/mol. The second-order valence-corrected chi connectivity index (χ2v) is 8.31. The quantitative estimate of drug-likeness (QED) is 0.147. The Bertz CT molecular complexity index is 1370. The number of nitrogens with zero attached hydrogens (tertiary/aromatic N) is 5. The van der Waals surface area contributed by atoms with Crippen LogP contribution < -0.4 is 10.2 Å². The highest BCUT2D eigenvalue weighted by atomic mass is 32.2. The van der Waals surface area contributed by atoms with Crippen molar-refractivity contribution < 1.29 is 14.5 Å². The van der Waals surface area contributed by atoms with E-state index in [1.54, 1.807) is 12.1 Å². The lowest BCUT2D eigenvalue weighted by atomic mass is 10.2. The normalized spacial score (nSPS) is 10.9. The van der Waals surface area contributed by atoms with Gasteiger partial charge in [-0.15, -0.1) is 10.2 Å². The zero-order chi connectivity index (χ0) is 25.3. The Labute approximate surface area is 211 Å². The molecule has 0 atom stereocenters. The highest BCUT2D eigenvalue weighted by Crippen LogP contribution is 2.28. The summed E-state index contributed by atoms with van der Waals surface area (Å²) in [6.07, 6.45) is 1.35. The molecule has 1 amide bonds. The summed E-state index contributed by atoms with van der Waals surface area (Å²) in [5.74, 6) is 1.08. The van der Waals surface area contributed by atoms with E-state index in [1.165, 1.54) is 30.1 Å². The Hall–Kier alpha value is -4.51. The fraction of sp³-hybridized carbons (Fsp3) is 0.120. The van der Waals surface area contributed by atoms with Gasteiger partial charge in [-0.3, -0.25) is 19.5 Å². The third kappa shape index (κ3) is 6.13. The van der Waals surface area contributed by atoms with E-state index < -0.39 is 4.92 Å². The second-order valence-electron chi connectivity index (χ2n) is 7.37. The average molecular weight is 503 g/mol. The van der Waals surface area contributed by atoms with Crippen molar-refractivity contribution in [2.45, 2.75) is 12.1 Å². The van der Waals surface area contributed by atoms with Gasteiger partial charge in [0.05, 0.1) is 23.5 Å². The van der Waals surface area contributed by atoms with Crippen molar-refractivity contribution in [2.75, 3.05) is 12.4 Å². The third-order valence-electron chi connectivity index (χ3n) is 4.89. The van der Waals surface area contributed by atoms with Crippen molar-refractivity contribution in [1.29, 1.82) is 0 Å². The molecule has 0 unspecified atom stereocenters. The van der Waals surface area contributed by atoms with E-state index in [1.807, 2.05) is 66.1 Å². The van der Waals surface area contributed by atoms with E-state index in [-0.39, 0.29) is 17.3 Å². The van der Waals surface area contributed by atoms with Crippen LogP contribution in [0.25, 0.3) is 17.1 Å². The number of rotatable bonds is 10. The van der Waals surface area contributed by atoms with E-state index in [2.05, 4.69) is 20.7 Å². The van der Waals surface area contributed by atoms with Crippen LogP contribution in [0, 0.1) is 10.1 Å². The molecule has 1 aromatic heterocycles. The highest BCUT2D eigenvalue weighted by Gasteiger charge is 2.17. The van der Waals surface area contributed by atoms with Crippen LogP contribution in [0.5, 0.6) is 5.75 Å². The van der Waals surface area contributed by atoms with Gasteiger partial charge in [-0.2, -0.15) is 5.10 Å². The number of hydrogen-bond acceptors (Lipinski definition) is 8. The lowest BCUT2D eigenvalue weighted by molar-refractivity contribution is -0.384. The van der Waals surface area contributed by atoms with Gasteiger partial charge in [0.15, 0.2) is 11.0 Å². The standard InChI is InChI=1S/C25H22N6O4S/c1-2-35-22-13-11-20(12-14-22)30-24(19-8-4-3-5-9-19)28-29-25(30)36-17-23(32)27-26-16-18-7-6-10-21(15-18)31(33)34/h3-16H,2,17H2,1H3,(H,27,32)/b26-16+. The van der Waals surface area contributed by atoms with Gasteiger partial charge in [0.25, 0.3) is 11.6 Å². The minimum atomic E-state index is -0.489. The second kappa shape index (κ2) is 11.8. The Morgan fingerprint density at radius 3 is 2.61 bits per heavy atom. The van der Waals surface area contributed by atoms with E-state index >= 15 is 0 Å². The number of nitrogens with one attached hydrogen (secondary N) is 1. The number of hydrogen-bond donors (Lipinski definition) is 1. The topological polar surface area (TPSA) is 125 Å². The average Bonchev–Trinajstić information content (AvgIpc) is 3.33. The first-order valence-electron chi connectivity index (χ1n) is 11.0. The number of carbonyl (C=O) groups is 1. The summed E-state index contributed by atoms with van der Waals surface area (Å²) >= 11 is 1.22. The van der Waals surface area contributed by atoms with Crippen LogP contribution in [0.3, 0.4) is 0 Å². The molecule has 1 heterocycles. The molecular weight excluding hydrogens is 480 g/mol. The third-order valence-corrected chi connectivity index (χ3v) is 5.82. The molecule has 0 fully saturated rings. The maximum atomic E-state index is 12.4. The van der Waals surface area contributed by atoms with Crippen LogP contribution >= 0.6 is 11.8 Å². The summed E-state index contributed by atoms with van der Waals surface area (Å²) in [7, 11) is 0. The number of carbonyl (C=O) groups excluding carboxylic acids is 1. The minimum absolute atomic E-state index is 0.0379. The molecule has 11 heteroatoms. The number of amides is 1. The number of thioether (sulfide) groups is 1. The monoisotopic (exact) mass is 502 g/mol. The lowest BCUT2D eigenvalue weighted by Crippen LogP contribution is -2.20. The summed E-state index contributed by atoms with van der Waals surface area (Å²) in [5.41, 5.74) is 4.60. The number of benzene rings is 3. The zero-order valence-corrected chi connectivity index (χ0v) is 20.1. The molecule has 1 N–H and O–H groups in total. The van der Waals surface area contributed by atoms with Gasteiger partial charge in [-0.1, -0.05) is 54.2 Å². The Balaban J connectivity index is 1.49. The van der Waals surface area contributed by atoms with Crippen molar-refractivity contribution in [1.82, 2.24) is 20.2 Å². The summed E-state index contributed by atoms with van der Waals surface area (Å²) in [5, 5.41) is 24.0. The van der Waals surface area contributed by atoms with E-state index in [0.717, 1.165) is 17.0 Å². The molecule has 4 rings (SSSR count). The molecule has 4 aromatic rings. The Kier molecular flexibility index (Phi) is 8.04. The highest BCUT2D eigenvalue weighted by molar-refractivity contribution is 7.99. The number of nitro groups is 1. The van der Waals surface area contributed by atoms with Crippen LogP contribution in [0.1, 0.15) is 12.5 Å². The Morgan fingerprint density at radius 2 is 1.89 bits per heavy atom. The summed E-state index contributed by atoms with van der Waals surface area (Å²) in [6, 6.07) is 23.2. The minimum Gasteiger partial charge on any atom is -0.494 e. The van der Waals surface area contributed by atoms with Crippen LogP contribution in [0.15, 0.2) is 89.1 Å². The molecule has 182 valence electrons. The molecule has 0 aliphatic rings. The van der Waals surface area contributed by atoms with Gasteiger partial charge >= 0.3 is 0 Å².